The molecule has 1 fully saturated rings. The molecule has 0 bridgehead atoms. The van der Waals surface area contributed by atoms with E-state index in [1.54, 1.807) is 31.4 Å². The van der Waals surface area contributed by atoms with Gasteiger partial charge in [0.1, 0.15) is 6.54 Å². The molecule has 0 radical (unpaired) electrons. The number of hydrogen-bond donors (Lipinski definition) is 2. The van der Waals surface area contributed by atoms with Gasteiger partial charge in [0.25, 0.3) is 0 Å². The molecule has 30 heavy (non-hydrogen) atoms. The van der Waals surface area contributed by atoms with E-state index in [2.05, 4.69) is 42.6 Å². The number of amides is 1. The van der Waals surface area contributed by atoms with E-state index in [1.807, 2.05) is 24.3 Å². The Kier molecular flexibility index (Phi) is 8.00. The lowest BCUT2D eigenvalue weighted by Gasteiger charge is -2.33. The summed E-state index contributed by atoms with van der Waals surface area (Å²) in [6.07, 6.45) is 6.36. The Morgan fingerprint density at radius 3 is 2.50 bits per heavy atom. The minimum atomic E-state index is -0.0183. The number of nitrogens with zero attached hydrogens (tertiary/aromatic N) is 5. The van der Waals surface area contributed by atoms with E-state index in [1.165, 1.54) is 5.56 Å². The number of guanidine groups is 1. The maximum Gasteiger partial charge on any atom is 0.243 e. The normalized spacial score (nSPS) is 15.0. The molecule has 2 N–H and O–H groups in total. The Morgan fingerprint density at radius 1 is 1.13 bits per heavy atom. The van der Waals surface area contributed by atoms with Gasteiger partial charge in [-0.3, -0.25) is 4.79 Å². The summed E-state index contributed by atoms with van der Waals surface area (Å²) in [5.41, 5.74) is 1.27. The summed E-state index contributed by atoms with van der Waals surface area (Å²) in [5, 5.41) is 6.89. The largest absolute Gasteiger partial charge is 0.356 e. The Labute approximate surface area is 178 Å². The molecule has 1 aliphatic rings. The lowest BCUT2D eigenvalue weighted by Crippen LogP contribution is -2.49. The Balaban J connectivity index is 1.53. The monoisotopic (exact) mass is 409 g/mol. The first-order valence-electron chi connectivity index (χ1n) is 10.4. The van der Waals surface area contributed by atoms with Crippen molar-refractivity contribution in [3.63, 3.8) is 0 Å². The third kappa shape index (κ3) is 6.72. The third-order valence-electron chi connectivity index (χ3n) is 5.09. The Morgan fingerprint density at radius 2 is 1.83 bits per heavy atom. The van der Waals surface area contributed by atoms with Gasteiger partial charge in [0.15, 0.2) is 5.96 Å². The van der Waals surface area contributed by atoms with Crippen molar-refractivity contribution in [2.75, 3.05) is 45.2 Å². The maximum absolute atomic E-state index is 12.0. The van der Waals surface area contributed by atoms with Gasteiger partial charge < -0.3 is 20.4 Å². The molecule has 1 aromatic carbocycles. The van der Waals surface area contributed by atoms with Gasteiger partial charge in [0.05, 0.1) is 0 Å². The highest BCUT2D eigenvalue weighted by atomic mass is 16.2. The summed E-state index contributed by atoms with van der Waals surface area (Å²) in [7, 11) is 3.49. The highest BCUT2D eigenvalue weighted by Crippen LogP contribution is 2.15. The molecule has 3 rings (SSSR count). The summed E-state index contributed by atoms with van der Waals surface area (Å²) < 4.78 is 0. The molecular formula is C22H31N7O. The van der Waals surface area contributed by atoms with Crippen molar-refractivity contribution in [2.24, 2.45) is 4.99 Å². The number of aromatic nitrogens is 2. The van der Waals surface area contributed by atoms with Crippen LogP contribution in [0.1, 0.15) is 18.4 Å². The molecule has 1 aromatic heterocycles. The average molecular weight is 410 g/mol. The lowest BCUT2D eigenvalue weighted by molar-refractivity contribution is -0.127. The number of nitrogens with one attached hydrogen (secondary N) is 2. The molecule has 2 aromatic rings. The van der Waals surface area contributed by atoms with Gasteiger partial charge in [0, 0.05) is 52.2 Å². The molecule has 0 atom stereocenters. The molecule has 1 saturated heterocycles. The van der Waals surface area contributed by atoms with Crippen molar-refractivity contribution in [1.82, 2.24) is 25.5 Å². The fourth-order valence-electron chi connectivity index (χ4n) is 3.28. The average Bonchev–Trinajstić information content (AvgIpc) is 2.79. The second-order valence-corrected chi connectivity index (χ2v) is 7.57. The molecule has 1 amide bonds. The van der Waals surface area contributed by atoms with Crippen LogP contribution in [-0.2, 0) is 11.2 Å². The van der Waals surface area contributed by atoms with E-state index in [4.69, 9.17) is 0 Å². The molecule has 1 aliphatic heterocycles. The van der Waals surface area contributed by atoms with Gasteiger partial charge in [-0.2, -0.15) is 0 Å². The number of benzene rings is 1. The van der Waals surface area contributed by atoms with Gasteiger partial charge in [0.2, 0.25) is 11.9 Å². The zero-order valence-electron chi connectivity index (χ0n) is 17.8. The molecule has 0 aliphatic carbocycles. The minimum absolute atomic E-state index is 0.0183. The molecule has 0 unspecified atom stereocenters. The predicted octanol–water partition coefficient (Wildman–Crippen LogP) is 1.31. The molecule has 8 nitrogen and oxygen atoms in total. The smallest absolute Gasteiger partial charge is 0.243 e. The van der Waals surface area contributed by atoms with Crippen LogP contribution in [0.2, 0.25) is 0 Å². The summed E-state index contributed by atoms with van der Waals surface area (Å²) in [5.74, 6) is 1.45. The predicted molar refractivity (Wildman–Crippen MR) is 120 cm³/mol. The Hall–Kier alpha value is -3.16. The van der Waals surface area contributed by atoms with Gasteiger partial charge in [-0.25, -0.2) is 15.0 Å². The van der Waals surface area contributed by atoms with E-state index in [0.717, 1.165) is 44.8 Å². The summed E-state index contributed by atoms with van der Waals surface area (Å²) in [4.78, 5) is 28.9. The van der Waals surface area contributed by atoms with Gasteiger partial charge in [-0.1, -0.05) is 30.3 Å². The second-order valence-electron chi connectivity index (χ2n) is 7.57. The number of hydrogen-bond acceptors (Lipinski definition) is 5. The van der Waals surface area contributed by atoms with E-state index >= 15 is 0 Å². The third-order valence-corrected chi connectivity index (χ3v) is 5.09. The Bertz CT molecular complexity index is 803. The fraction of sp³-hybridized carbons (Fsp3) is 0.455. The maximum atomic E-state index is 12.0. The van der Waals surface area contributed by atoms with Crippen molar-refractivity contribution in [3.05, 3.63) is 54.4 Å². The van der Waals surface area contributed by atoms with Crippen molar-refractivity contribution in [1.29, 1.82) is 0 Å². The molecule has 160 valence electrons. The van der Waals surface area contributed by atoms with Crippen LogP contribution in [0.3, 0.4) is 0 Å². The van der Waals surface area contributed by atoms with Crippen LogP contribution in [-0.4, -0.2) is 73.1 Å². The number of likely N-dealkylation sites (N-methyl/N-ethyl adjacent to an activating group) is 1. The van der Waals surface area contributed by atoms with Crippen LogP contribution in [0, 0.1) is 0 Å². The van der Waals surface area contributed by atoms with E-state index in [9.17, 15) is 4.79 Å². The first-order chi connectivity index (χ1) is 14.6. The topological polar surface area (TPSA) is 85.8 Å². The van der Waals surface area contributed by atoms with Crippen molar-refractivity contribution >= 4 is 17.8 Å². The number of carbonyl (C=O) groups is 1. The minimum Gasteiger partial charge on any atom is -0.356 e. The SMILES string of the molecule is CN(C)C(=O)CN=C(NCCc1ccccc1)NC1CCN(c2ncccn2)CC1. The fourth-order valence-corrected chi connectivity index (χ4v) is 3.28. The van der Waals surface area contributed by atoms with Crippen LogP contribution in [0.4, 0.5) is 5.95 Å². The number of aliphatic imine (C=N–C) groups is 1. The van der Waals surface area contributed by atoms with Gasteiger partial charge in [-0.05, 0) is 30.9 Å². The summed E-state index contributed by atoms with van der Waals surface area (Å²) in [6, 6.07) is 12.5. The first kappa shape index (κ1) is 21.5. The lowest BCUT2D eigenvalue weighted by atomic mass is 10.1. The van der Waals surface area contributed by atoms with Crippen LogP contribution < -0.4 is 15.5 Å². The number of piperidine rings is 1. The summed E-state index contributed by atoms with van der Waals surface area (Å²) in [6.45, 7) is 2.65. The van der Waals surface area contributed by atoms with Crippen molar-refractivity contribution < 1.29 is 4.79 Å². The molecule has 2 heterocycles. The van der Waals surface area contributed by atoms with Crippen LogP contribution in [0.25, 0.3) is 0 Å². The van der Waals surface area contributed by atoms with Crippen LogP contribution in [0.15, 0.2) is 53.8 Å². The zero-order chi connectivity index (χ0) is 21.2. The van der Waals surface area contributed by atoms with Gasteiger partial charge >= 0.3 is 0 Å². The quantitative estimate of drug-likeness (QED) is 0.530. The van der Waals surface area contributed by atoms with E-state index < -0.39 is 0 Å². The summed E-state index contributed by atoms with van der Waals surface area (Å²) >= 11 is 0. The first-order valence-corrected chi connectivity index (χ1v) is 10.4. The van der Waals surface area contributed by atoms with Crippen LogP contribution >= 0.6 is 0 Å². The van der Waals surface area contributed by atoms with Crippen LogP contribution in [0.5, 0.6) is 0 Å². The molecule has 8 heteroatoms. The highest BCUT2D eigenvalue weighted by molar-refractivity contribution is 5.85. The second kappa shape index (κ2) is 11.1. The molecule has 0 spiro atoms. The van der Waals surface area contributed by atoms with E-state index in [0.29, 0.717) is 12.0 Å². The number of anilines is 1. The highest BCUT2D eigenvalue weighted by Gasteiger charge is 2.21. The standard InChI is InChI=1S/C22H31N7O/c1-28(2)20(30)17-26-21(23-14-9-18-7-4-3-5-8-18)27-19-10-15-29(16-11-19)22-24-12-6-13-25-22/h3-8,12-13,19H,9-11,14-17H2,1-2H3,(H2,23,26,27). The molecule has 0 saturated carbocycles. The number of carbonyl (C=O) groups excluding carboxylic acids is 1. The zero-order valence-corrected chi connectivity index (χ0v) is 17.8. The molecular weight excluding hydrogens is 378 g/mol. The van der Waals surface area contributed by atoms with E-state index in [-0.39, 0.29) is 12.5 Å². The number of rotatable bonds is 7. The van der Waals surface area contributed by atoms with Gasteiger partial charge in [-0.15, -0.1) is 0 Å². The van der Waals surface area contributed by atoms with Crippen molar-refractivity contribution in [2.45, 2.75) is 25.3 Å². The van der Waals surface area contributed by atoms with Crippen molar-refractivity contribution in [3.8, 4) is 0 Å².